The fourth-order valence-electron chi connectivity index (χ4n) is 3.42. The summed E-state index contributed by atoms with van der Waals surface area (Å²) >= 11 is 0. The van der Waals surface area contributed by atoms with Crippen molar-refractivity contribution in [1.29, 1.82) is 0 Å². The number of aromatic nitrogens is 3. The topological polar surface area (TPSA) is 50.9 Å². The van der Waals surface area contributed by atoms with Crippen molar-refractivity contribution in [2.75, 3.05) is 0 Å². The second kappa shape index (κ2) is 5.98. The second-order valence-corrected chi connectivity index (χ2v) is 6.13. The summed E-state index contributed by atoms with van der Waals surface area (Å²) in [6, 6.07) is 9.91. The molecule has 3 rings (SSSR count). The number of aliphatic hydroxyl groups is 1. The van der Waals surface area contributed by atoms with Gasteiger partial charge in [0.05, 0.1) is 17.6 Å². The Morgan fingerprint density at radius 2 is 1.95 bits per heavy atom. The van der Waals surface area contributed by atoms with Gasteiger partial charge in [-0.15, -0.1) is 5.10 Å². The van der Waals surface area contributed by atoms with Gasteiger partial charge in [0.2, 0.25) is 0 Å². The molecule has 0 radical (unpaired) electrons. The first-order chi connectivity index (χ1) is 10.2. The number of benzene rings is 1. The van der Waals surface area contributed by atoms with Crippen molar-refractivity contribution in [2.24, 2.45) is 5.92 Å². The highest BCUT2D eigenvalue weighted by atomic mass is 16.3. The zero-order valence-corrected chi connectivity index (χ0v) is 12.6. The van der Waals surface area contributed by atoms with Gasteiger partial charge in [-0.3, -0.25) is 0 Å². The fraction of sp³-hybridized carbons (Fsp3) is 0.529. The summed E-state index contributed by atoms with van der Waals surface area (Å²) in [4.78, 5) is 0. The second-order valence-electron chi connectivity index (χ2n) is 6.13. The molecular weight excluding hydrogens is 262 g/mol. The standard InChI is InChI=1S/C17H23N3O/c1-2-6-14-9-11-17(21,12-10-14)16-13-18-19-20(16)15-7-4-3-5-8-15/h3-5,7-8,13-14,21H,2,6,9-12H2,1H3. The van der Waals surface area contributed by atoms with Gasteiger partial charge in [-0.05, 0) is 43.7 Å². The van der Waals surface area contributed by atoms with E-state index in [-0.39, 0.29) is 0 Å². The third-order valence-corrected chi connectivity index (χ3v) is 4.66. The Balaban J connectivity index is 1.83. The average molecular weight is 285 g/mol. The average Bonchev–Trinajstić information content (AvgIpc) is 3.01. The van der Waals surface area contributed by atoms with Crippen molar-refractivity contribution in [2.45, 2.75) is 51.0 Å². The Labute approximate surface area is 125 Å². The minimum atomic E-state index is -0.788. The molecular formula is C17H23N3O. The monoisotopic (exact) mass is 285 g/mol. The predicted octanol–water partition coefficient (Wildman–Crippen LogP) is 3.45. The maximum Gasteiger partial charge on any atom is 0.108 e. The number of para-hydroxylation sites is 1. The minimum Gasteiger partial charge on any atom is -0.383 e. The van der Waals surface area contributed by atoms with Crippen LogP contribution in [0.4, 0.5) is 0 Å². The Hall–Kier alpha value is -1.68. The third kappa shape index (κ3) is 2.86. The van der Waals surface area contributed by atoms with Crippen molar-refractivity contribution < 1.29 is 5.11 Å². The smallest absolute Gasteiger partial charge is 0.108 e. The van der Waals surface area contributed by atoms with Crippen molar-refractivity contribution in [3.8, 4) is 5.69 Å². The molecule has 1 saturated carbocycles. The number of hydrogen-bond acceptors (Lipinski definition) is 3. The number of nitrogens with zero attached hydrogens (tertiary/aromatic N) is 3. The Bertz CT molecular complexity index is 571. The van der Waals surface area contributed by atoms with E-state index < -0.39 is 5.60 Å². The summed E-state index contributed by atoms with van der Waals surface area (Å²) in [7, 11) is 0. The lowest BCUT2D eigenvalue weighted by Crippen LogP contribution is -2.33. The molecule has 4 heteroatoms. The van der Waals surface area contributed by atoms with Crippen molar-refractivity contribution in [1.82, 2.24) is 15.0 Å². The van der Waals surface area contributed by atoms with Gasteiger partial charge in [0.25, 0.3) is 0 Å². The fourth-order valence-corrected chi connectivity index (χ4v) is 3.42. The van der Waals surface area contributed by atoms with Crippen LogP contribution in [0.3, 0.4) is 0 Å². The van der Waals surface area contributed by atoms with Gasteiger partial charge in [-0.1, -0.05) is 43.2 Å². The molecule has 1 heterocycles. The first-order valence-corrected chi connectivity index (χ1v) is 7.92. The van der Waals surface area contributed by atoms with E-state index >= 15 is 0 Å². The summed E-state index contributed by atoms with van der Waals surface area (Å²) in [6.45, 7) is 2.23. The molecule has 2 aromatic rings. The highest BCUT2D eigenvalue weighted by molar-refractivity contribution is 5.33. The molecule has 0 unspecified atom stereocenters. The molecule has 0 aliphatic heterocycles. The predicted molar refractivity (Wildman–Crippen MR) is 82.1 cm³/mol. The van der Waals surface area contributed by atoms with Gasteiger partial charge in [-0.2, -0.15) is 0 Å². The lowest BCUT2D eigenvalue weighted by molar-refractivity contribution is -0.0208. The first kappa shape index (κ1) is 14.3. The Kier molecular flexibility index (Phi) is 4.06. The summed E-state index contributed by atoms with van der Waals surface area (Å²) < 4.78 is 1.78. The van der Waals surface area contributed by atoms with Crippen LogP contribution in [0.2, 0.25) is 0 Å². The Morgan fingerprint density at radius 3 is 2.62 bits per heavy atom. The lowest BCUT2D eigenvalue weighted by Gasteiger charge is -2.35. The molecule has 0 atom stereocenters. The largest absolute Gasteiger partial charge is 0.383 e. The summed E-state index contributed by atoms with van der Waals surface area (Å²) in [6.07, 6.45) is 8.00. The van der Waals surface area contributed by atoms with Crippen LogP contribution < -0.4 is 0 Å². The zero-order valence-electron chi connectivity index (χ0n) is 12.6. The highest BCUT2D eigenvalue weighted by Crippen LogP contribution is 2.40. The van der Waals surface area contributed by atoms with Gasteiger partial charge < -0.3 is 5.11 Å². The van der Waals surface area contributed by atoms with E-state index in [2.05, 4.69) is 17.2 Å². The summed E-state index contributed by atoms with van der Waals surface area (Å²) in [5, 5.41) is 19.3. The molecule has 0 amide bonds. The van der Waals surface area contributed by atoms with E-state index in [1.54, 1.807) is 10.9 Å². The van der Waals surface area contributed by atoms with Crippen LogP contribution in [0.5, 0.6) is 0 Å². The molecule has 1 aromatic carbocycles. The van der Waals surface area contributed by atoms with E-state index in [0.29, 0.717) is 0 Å². The first-order valence-electron chi connectivity index (χ1n) is 7.92. The van der Waals surface area contributed by atoms with Crippen LogP contribution >= 0.6 is 0 Å². The molecule has 0 bridgehead atoms. The molecule has 4 nitrogen and oxygen atoms in total. The molecule has 21 heavy (non-hydrogen) atoms. The van der Waals surface area contributed by atoms with Crippen LogP contribution in [0.1, 0.15) is 51.1 Å². The normalized spacial score (nSPS) is 25.9. The van der Waals surface area contributed by atoms with E-state index in [9.17, 15) is 5.11 Å². The van der Waals surface area contributed by atoms with E-state index in [4.69, 9.17) is 0 Å². The quantitative estimate of drug-likeness (QED) is 0.936. The zero-order chi connectivity index (χ0) is 14.7. The molecule has 0 spiro atoms. The lowest BCUT2D eigenvalue weighted by atomic mass is 9.76. The van der Waals surface area contributed by atoms with Crippen LogP contribution in [0, 0.1) is 5.92 Å². The highest BCUT2D eigenvalue weighted by Gasteiger charge is 2.37. The van der Waals surface area contributed by atoms with E-state index in [1.807, 2.05) is 30.3 Å². The van der Waals surface area contributed by atoms with E-state index in [1.165, 1.54) is 12.8 Å². The third-order valence-electron chi connectivity index (χ3n) is 4.66. The van der Waals surface area contributed by atoms with Crippen LogP contribution in [-0.2, 0) is 5.60 Å². The molecule has 112 valence electrons. The molecule has 1 N–H and O–H groups in total. The van der Waals surface area contributed by atoms with Crippen molar-refractivity contribution in [3.05, 3.63) is 42.2 Å². The Morgan fingerprint density at radius 1 is 1.24 bits per heavy atom. The van der Waals surface area contributed by atoms with Crippen LogP contribution in [0.15, 0.2) is 36.5 Å². The summed E-state index contributed by atoms with van der Waals surface area (Å²) in [5.74, 6) is 0.760. The van der Waals surface area contributed by atoms with Crippen molar-refractivity contribution in [3.63, 3.8) is 0 Å². The molecule has 1 fully saturated rings. The van der Waals surface area contributed by atoms with Gasteiger partial charge in [0, 0.05) is 0 Å². The van der Waals surface area contributed by atoms with Crippen LogP contribution in [0.25, 0.3) is 5.69 Å². The van der Waals surface area contributed by atoms with E-state index in [0.717, 1.165) is 43.0 Å². The summed E-state index contributed by atoms with van der Waals surface area (Å²) in [5.41, 5.74) is 0.988. The minimum absolute atomic E-state index is 0.760. The molecule has 1 aliphatic carbocycles. The van der Waals surface area contributed by atoms with Crippen LogP contribution in [-0.4, -0.2) is 20.1 Å². The van der Waals surface area contributed by atoms with Crippen molar-refractivity contribution >= 4 is 0 Å². The molecule has 1 aliphatic rings. The van der Waals surface area contributed by atoms with Gasteiger partial charge in [0.15, 0.2) is 0 Å². The maximum absolute atomic E-state index is 11.1. The SMILES string of the molecule is CCCC1CCC(O)(c2cnnn2-c2ccccc2)CC1. The maximum atomic E-state index is 11.1. The molecule has 0 saturated heterocycles. The molecule has 1 aromatic heterocycles. The van der Waals surface area contributed by atoms with Gasteiger partial charge >= 0.3 is 0 Å². The van der Waals surface area contributed by atoms with Gasteiger partial charge in [-0.25, -0.2) is 4.68 Å². The number of hydrogen-bond donors (Lipinski definition) is 1. The van der Waals surface area contributed by atoms with Gasteiger partial charge in [0.1, 0.15) is 5.60 Å². The number of rotatable bonds is 4.